The predicted octanol–water partition coefficient (Wildman–Crippen LogP) is 2.66. The van der Waals surface area contributed by atoms with Crippen molar-refractivity contribution < 1.29 is 19.1 Å². The van der Waals surface area contributed by atoms with Gasteiger partial charge in [-0.2, -0.15) is 0 Å². The molecule has 2 aliphatic carbocycles. The van der Waals surface area contributed by atoms with E-state index in [0.29, 0.717) is 30.7 Å². The molecule has 0 saturated heterocycles. The van der Waals surface area contributed by atoms with Crippen LogP contribution in [0.3, 0.4) is 0 Å². The molecule has 4 aliphatic rings. The Labute approximate surface area is 133 Å². The van der Waals surface area contributed by atoms with E-state index in [1.54, 1.807) is 6.20 Å². The monoisotopic (exact) mass is 311 g/mol. The van der Waals surface area contributed by atoms with E-state index in [0.717, 1.165) is 30.6 Å². The first-order valence-corrected chi connectivity index (χ1v) is 8.31. The van der Waals surface area contributed by atoms with Gasteiger partial charge < -0.3 is 9.47 Å². The van der Waals surface area contributed by atoms with E-state index in [4.69, 9.17) is 9.47 Å². The highest BCUT2D eigenvalue weighted by Crippen LogP contribution is 2.58. The predicted molar refractivity (Wildman–Crippen MR) is 79.7 cm³/mol. The second-order valence-electron chi connectivity index (χ2n) is 6.80. The summed E-state index contributed by atoms with van der Waals surface area (Å²) in [6, 6.07) is 3.77. The molecule has 3 unspecified atom stereocenters. The second-order valence-corrected chi connectivity index (χ2v) is 6.80. The summed E-state index contributed by atoms with van der Waals surface area (Å²) in [6.07, 6.45) is 5.71. The summed E-state index contributed by atoms with van der Waals surface area (Å²) in [5.74, 6) is -0.135. The molecule has 23 heavy (non-hydrogen) atoms. The van der Waals surface area contributed by atoms with Gasteiger partial charge in [0.2, 0.25) is 5.88 Å². The fourth-order valence-electron chi connectivity index (χ4n) is 4.64. The van der Waals surface area contributed by atoms with E-state index in [1.807, 2.05) is 12.1 Å². The number of nitrogens with zero attached hydrogens (tertiary/aromatic N) is 1. The lowest BCUT2D eigenvalue weighted by atomic mass is 9.64. The van der Waals surface area contributed by atoms with Gasteiger partial charge in [-0.05, 0) is 18.9 Å². The summed E-state index contributed by atoms with van der Waals surface area (Å²) < 4.78 is 12.4. The highest BCUT2D eigenvalue weighted by molar-refractivity contribution is 6.00. The molecule has 0 aromatic carbocycles. The largest absolute Gasteiger partial charge is 0.455 e. The lowest BCUT2D eigenvalue weighted by Crippen LogP contribution is -2.60. The van der Waals surface area contributed by atoms with Crippen LogP contribution in [-0.2, 0) is 14.3 Å². The van der Waals surface area contributed by atoms with Crippen LogP contribution in [0.15, 0.2) is 29.7 Å². The smallest absolute Gasteiger partial charge is 0.263 e. The molecule has 1 aromatic rings. The van der Waals surface area contributed by atoms with Gasteiger partial charge in [0.1, 0.15) is 17.5 Å². The van der Waals surface area contributed by atoms with Gasteiger partial charge >= 0.3 is 0 Å². The Morgan fingerprint density at radius 3 is 2.96 bits per heavy atom. The zero-order valence-electron chi connectivity index (χ0n) is 12.7. The number of pyridine rings is 1. The molecule has 5 heteroatoms. The molecule has 0 spiro atoms. The third-order valence-electron chi connectivity index (χ3n) is 5.52. The number of ether oxygens (including phenoxy) is 2. The van der Waals surface area contributed by atoms with Gasteiger partial charge in [-0.1, -0.05) is 6.07 Å². The van der Waals surface area contributed by atoms with Crippen molar-refractivity contribution in [3.05, 3.63) is 35.2 Å². The molecule has 0 radical (unpaired) electrons. The summed E-state index contributed by atoms with van der Waals surface area (Å²) in [7, 11) is 0. The molecular weight excluding hydrogens is 294 g/mol. The number of Topliss-reactive ketones (excluding diaryl/α,β-unsaturated/α-hetero) is 2. The van der Waals surface area contributed by atoms with Crippen molar-refractivity contribution in [1.29, 1.82) is 0 Å². The van der Waals surface area contributed by atoms with E-state index < -0.39 is 11.7 Å². The van der Waals surface area contributed by atoms with Crippen LogP contribution in [0.4, 0.5) is 0 Å². The lowest BCUT2D eigenvalue weighted by molar-refractivity contribution is -0.230. The number of aromatic nitrogens is 1. The van der Waals surface area contributed by atoms with Gasteiger partial charge in [0, 0.05) is 48.9 Å². The van der Waals surface area contributed by atoms with Gasteiger partial charge in [0.25, 0.3) is 5.79 Å². The zero-order valence-corrected chi connectivity index (χ0v) is 12.7. The highest BCUT2D eigenvalue weighted by atomic mass is 16.7. The van der Waals surface area contributed by atoms with Crippen LogP contribution >= 0.6 is 0 Å². The fourth-order valence-corrected chi connectivity index (χ4v) is 4.64. The van der Waals surface area contributed by atoms with E-state index in [-0.39, 0.29) is 17.5 Å². The highest BCUT2D eigenvalue weighted by Gasteiger charge is 2.62. The topological polar surface area (TPSA) is 65.5 Å². The Hall–Kier alpha value is -2.17. The van der Waals surface area contributed by atoms with Gasteiger partial charge in [0.05, 0.1) is 0 Å². The summed E-state index contributed by atoms with van der Waals surface area (Å²) in [6.45, 7) is 0. The third-order valence-corrected chi connectivity index (χ3v) is 5.52. The maximum absolute atomic E-state index is 12.7. The third kappa shape index (κ3) is 1.65. The molecule has 1 aromatic heterocycles. The van der Waals surface area contributed by atoms with E-state index in [2.05, 4.69) is 4.98 Å². The van der Waals surface area contributed by atoms with E-state index >= 15 is 0 Å². The van der Waals surface area contributed by atoms with Crippen molar-refractivity contribution in [3.8, 4) is 5.88 Å². The standard InChI is InChI=1S/C18H17NO4/c20-11-5-1-7-13-15(11)14-10-4-3-9-19-17(10)23-18(22-13)8-2-6-12(21)16(14)18/h3-4,9,14,16H,1-2,5-8H2. The average Bonchev–Trinajstić information content (AvgIpc) is 2.54. The van der Waals surface area contributed by atoms with Crippen LogP contribution in [0.1, 0.15) is 50.0 Å². The van der Waals surface area contributed by atoms with Crippen molar-refractivity contribution >= 4 is 11.6 Å². The first-order chi connectivity index (χ1) is 11.2. The molecule has 0 N–H and O–H groups in total. The Kier molecular flexibility index (Phi) is 2.56. The molecule has 5 rings (SSSR count). The van der Waals surface area contributed by atoms with Crippen LogP contribution in [0.2, 0.25) is 0 Å². The number of carbonyl (C=O) groups is 2. The number of hydrogen-bond donors (Lipinski definition) is 0. The SMILES string of the molecule is O=C1CCCC2=C1C1c3cccnc3OC3(CCCC(=O)C13)O2. The maximum Gasteiger partial charge on any atom is 0.263 e. The average molecular weight is 311 g/mol. The van der Waals surface area contributed by atoms with Gasteiger partial charge in [-0.15, -0.1) is 0 Å². The minimum atomic E-state index is -0.961. The van der Waals surface area contributed by atoms with Crippen LogP contribution in [0.25, 0.3) is 0 Å². The quantitative estimate of drug-likeness (QED) is 0.737. The van der Waals surface area contributed by atoms with Crippen LogP contribution in [0.5, 0.6) is 5.88 Å². The van der Waals surface area contributed by atoms with Crippen molar-refractivity contribution in [2.45, 2.75) is 50.2 Å². The fraction of sp³-hybridized carbons (Fsp3) is 0.500. The molecule has 1 fully saturated rings. The van der Waals surface area contributed by atoms with E-state index in [1.165, 1.54) is 0 Å². The van der Waals surface area contributed by atoms with E-state index in [9.17, 15) is 9.59 Å². The minimum absolute atomic E-state index is 0.111. The molecule has 2 bridgehead atoms. The molecule has 3 atom stereocenters. The molecule has 2 aliphatic heterocycles. The Morgan fingerprint density at radius 2 is 2.04 bits per heavy atom. The Bertz CT molecular complexity index is 768. The molecule has 1 saturated carbocycles. The Morgan fingerprint density at radius 1 is 1.13 bits per heavy atom. The number of hydrogen-bond acceptors (Lipinski definition) is 5. The van der Waals surface area contributed by atoms with Crippen molar-refractivity contribution in [2.75, 3.05) is 0 Å². The molecule has 3 heterocycles. The van der Waals surface area contributed by atoms with Crippen LogP contribution < -0.4 is 4.74 Å². The Balaban J connectivity index is 1.80. The van der Waals surface area contributed by atoms with Crippen LogP contribution in [-0.4, -0.2) is 22.3 Å². The molecular formula is C18H17NO4. The molecule has 5 nitrogen and oxygen atoms in total. The van der Waals surface area contributed by atoms with Gasteiger partial charge in [0.15, 0.2) is 5.78 Å². The maximum atomic E-state index is 12.7. The summed E-state index contributed by atoms with van der Waals surface area (Å²) in [4.78, 5) is 29.6. The number of ketones is 2. The van der Waals surface area contributed by atoms with Crippen molar-refractivity contribution in [2.24, 2.45) is 5.92 Å². The van der Waals surface area contributed by atoms with Crippen molar-refractivity contribution in [3.63, 3.8) is 0 Å². The first kappa shape index (κ1) is 13.3. The van der Waals surface area contributed by atoms with Gasteiger partial charge in [-0.3, -0.25) is 9.59 Å². The van der Waals surface area contributed by atoms with Crippen molar-refractivity contribution in [1.82, 2.24) is 4.98 Å². The second kappa shape index (κ2) is 4.43. The van der Waals surface area contributed by atoms with Crippen LogP contribution in [0, 0.1) is 5.92 Å². The first-order valence-electron chi connectivity index (χ1n) is 8.31. The summed E-state index contributed by atoms with van der Waals surface area (Å²) in [5, 5.41) is 0. The minimum Gasteiger partial charge on any atom is -0.455 e. The zero-order chi connectivity index (χ0) is 15.6. The normalized spacial score (nSPS) is 34.8. The number of carbonyl (C=O) groups excluding carboxylic acids is 2. The molecule has 0 amide bonds. The number of rotatable bonds is 0. The van der Waals surface area contributed by atoms with Gasteiger partial charge in [-0.25, -0.2) is 4.98 Å². The molecule has 118 valence electrons. The lowest BCUT2D eigenvalue weighted by Gasteiger charge is -2.53. The summed E-state index contributed by atoms with van der Waals surface area (Å²) in [5.41, 5.74) is 1.55. The number of allylic oxidation sites excluding steroid dienone is 2. The summed E-state index contributed by atoms with van der Waals surface area (Å²) >= 11 is 0. The number of fused-ring (bicyclic) bond motifs is 3.